The second-order valence-electron chi connectivity index (χ2n) is 19.7. The fourth-order valence-corrected chi connectivity index (χ4v) is 11.3. The first kappa shape index (κ1) is 46.5. The van der Waals surface area contributed by atoms with E-state index < -0.39 is 24.2 Å². The highest BCUT2D eigenvalue weighted by Crippen LogP contribution is 2.61. The Morgan fingerprint density at radius 1 is 1.02 bits per heavy atom. The first-order valence-electron chi connectivity index (χ1n) is 22.8. The van der Waals surface area contributed by atoms with Crippen LogP contribution in [0.3, 0.4) is 0 Å². The summed E-state index contributed by atoms with van der Waals surface area (Å²) in [5, 5.41) is 29.9. The molecule has 342 valence electrons. The summed E-state index contributed by atoms with van der Waals surface area (Å²) in [6.45, 7) is 9.60. The first-order valence-corrected chi connectivity index (χ1v) is 22.8. The van der Waals surface area contributed by atoms with Crippen molar-refractivity contribution < 1.29 is 34.2 Å². The van der Waals surface area contributed by atoms with Crippen LogP contribution >= 0.6 is 0 Å². The van der Waals surface area contributed by atoms with Crippen LogP contribution in [0.15, 0.2) is 66.7 Å². The van der Waals surface area contributed by atoms with Crippen molar-refractivity contribution in [1.82, 2.24) is 25.5 Å². The van der Waals surface area contributed by atoms with Gasteiger partial charge in [0, 0.05) is 67.6 Å². The number of amides is 3. The highest BCUT2D eigenvalue weighted by atomic mass is 16.7. The van der Waals surface area contributed by atoms with Gasteiger partial charge in [-0.1, -0.05) is 69.3 Å². The minimum atomic E-state index is -0.932. The number of hydroxylamine groups is 2. The van der Waals surface area contributed by atoms with Crippen LogP contribution in [-0.4, -0.2) is 134 Å². The predicted molar refractivity (Wildman–Crippen MR) is 245 cm³/mol. The number of aliphatic hydroxyl groups is 2. The third kappa shape index (κ3) is 9.64. The van der Waals surface area contributed by atoms with Crippen molar-refractivity contribution in [1.29, 1.82) is 0 Å². The molecule has 10 atom stereocenters. The zero-order valence-corrected chi connectivity index (χ0v) is 38.7. The molecule has 5 fully saturated rings. The van der Waals surface area contributed by atoms with Gasteiger partial charge < -0.3 is 40.3 Å². The van der Waals surface area contributed by atoms with Crippen molar-refractivity contribution in [2.45, 2.75) is 103 Å². The van der Waals surface area contributed by atoms with Gasteiger partial charge in [0.15, 0.2) is 0 Å². The molecule has 8 rings (SSSR count). The first-order chi connectivity index (χ1) is 30.0. The highest BCUT2D eigenvalue weighted by molar-refractivity contribution is 5.98. The zero-order chi connectivity index (χ0) is 45.3. The van der Waals surface area contributed by atoms with Crippen LogP contribution in [0.4, 0.5) is 5.69 Å². The molecule has 3 aliphatic carbocycles. The number of carbonyl (C=O) groups is 3. The Kier molecular flexibility index (Phi) is 14.2. The number of carbonyl (C=O) groups excluding carboxylic acids is 3. The SMILES string of the molecule is COc1c(CN2O[C@@H](CO)[C@@H]([C@H](C)O)[C@H]2C(=O)N[C@H]2C[C@@H]3C[C@@H]([C@@H]2C)C3(C)C)cccc1-c1cc(C(=O)N[C@@H](Cc2ccccc2)CN(C)C)cc(N2CCC[C@@H]2C(=O)N(C)C)c1. The summed E-state index contributed by atoms with van der Waals surface area (Å²) in [6, 6.07) is 20.3. The molecule has 0 aromatic heterocycles. The number of likely N-dealkylation sites (N-methyl/N-ethyl adjacent to an activating group) is 2. The zero-order valence-electron chi connectivity index (χ0n) is 38.7. The van der Waals surface area contributed by atoms with Crippen LogP contribution in [0.25, 0.3) is 11.1 Å². The quantitative estimate of drug-likeness (QED) is 0.156. The lowest BCUT2D eigenvalue weighted by atomic mass is 9.45. The molecule has 2 aliphatic heterocycles. The van der Waals surface area contributed by atoms with Crippen molar-refractivity contribution in [3.8, 4) is 16.9 Å². The standard InChI is InChI=1S/C50H70N6O7/c1-30-40-25-36(50(40,3)4)26-41(30)52-48(60)45-44(31(2)58)43(29-57)63-56(45)27-33-17-13-18-39(46(33)62-9)34-22-35(24-38(23-34)55-20-14-19-42(55)49(61)54(7)8)47(59)51-37(28-53(5)6)21-32-15-11-10-12-16-32/h10-13,15-18,22-24,30-31,36-37,40-45,57-58H,14,19-21,25-29H2,1-9H3,(H,51,59)(H,52,60)/t30-,31-,36-,37-,40-,41-,42+,43-,44+,45-/m0/s1. The van der Waals surface area contributed by atoms with Gasteiger partial charge >= 0.3 is 0 Å². The number of anilines is 1. The Morgan fingerprint density at radius 3 is 2.40 bits per heavy atom. The number of methoxy groups -OCH3 is 1. The van der Waals surface area contributed by atoms with Gasteiger partial charge in [0.05, 0.1) is 26.4 Å². The molecular weight excluding hydrogens is 797 g/mol. The lowest BCUT2D eigenvalue weighted by molar-refractivity contribution is -0.183. The van der Waals surface area contributed by atoms with E-state index in [2.05, 4.69) is 53.3 Å². The number of hydrogen-bond acceptors (Lipinski definition) is 10. The Bertz CT molecular complexity index is 2090. The van der Waals surface area contributed by atoms with Gasteiger partial charge in [0.25, 0.3) is 5.91 Å². The van der Waals surface area contributed by atoms with Crippen molar-refractivity contribution in [2.75, 3.05) is 59.9 Å². The summed E-state index contributed by atoms with van der Waals surface area (Å²) in [5.41, 5.74) is 4.77. The molecule has 0 spiro atoms. The maximum Gasteiger partial charge on any atom is 0.251 e. The smallest absolute Gasteiger partial charge is 0.251 e. The molecule has 3 aromatic carbocycles. The van der Waals surface area contributed by atoms with E-state index in [0.29, 0.717) is 55.0 Å². The van der Waals surface area contributed by atoms with Crippen molar-refractivity contribution >= 4 is 23.4 Å². The summed E-state index contributed by atoms with van der Waals surface area (Å²) in [7, 11) is 9.13. The maximum absolute atomic E-state index is 14.5. The largest absolute Gasteiger partial charge is 0.496 e. The van der Waals surface area contributed by atoms with E-state index in [0.717, 1.165) is 40.8 Å². The fraction of sp³-hybridized carbons (Fsp3) is 0.580. The molecule has 0 unspecified atom stereocenters. The molecule has 0 radical (unpaired) electrons. The minimum Gasteiger partial charge on any atom is -0.496 e. The van der Waals surface area contributed by atoms with E-state index in [4.69, 9.17) is 9.57 Å². The number of hydrogen-bond donors (Lipinski definition) is 4. The summed E-state index contributed by atoms with van der Waals surface area (Å²) < 4.78 is 6.21. The number of benzene rings is 3. The summed E-state index contributed by atoms with van der Waals surface area (Å²) in [6.07, 6.45) is 2.57. The molecular formula is C50H70N6O7. The maximum atomic E-state index is 14.5. The number of para-hydroxylation sites is 1. The molecule has 2 heterocycles. The molecule has 4 N–H and O–H groups in total. The fourth-order valence-electron chi connectivity index (χ4n) is 11.3. The Hall–Kier alpha value is -4.53. The number of ether oxygens (including phenoxy) is 1. The van der Waals surface area contributed by atoms with Crippen LogP contribution in [0.2, 0.25) is 0 Å². The highest BCUT2D eigenvalue weighted by Gasteiger charge is 2.57. The average molecular weight is 867 g/mol. The molecule has 3 saturated carbocycles. The second-order valence-corrected chi connectivity index (χ2v) is 19.7. The Labute approximate surface area is 374 Å². The lowest BCUT2D eigenvalue weighted by Crippen LogP contribution is -2.62. The van der Waals surface area contributed by atoms with Crippen molar-refractivity contribution in [3.05, 3.63) is 83.4 Å². The van der Waals surface area contributed by atoms with Crippen LogP contribution in [0.1, 0.15) is 74.9 Å². The van der Waals surface area contributed by atoms with Crippen LogP contribution in [-0.2, 0) is 27.4 Å². The van der Waals surface area contributed by atoms with E-state index in [1.807, 2.05) is 68.7 Å². The van der Waals surface area contributed by atoms with E-state index in [1.54, 1.807) is 38.1 Å². The monoisotopic (exact) mass is 867 g/mol. The van der Waals surface area contributed by atoms with Gasteiger partial charge in [-0.05, 0) is 106 Å². The Morgan fingerprint density at radius 2 is 1.76 bits per heavy atom. The minimum absolute atomic E-state index is 0.00945. The topological polar surface area (TPSA) is 147 Å². The molecule has 3 amide bonds. The molecule has 13 nitrogen and oxygen atoms in total. The van der Waals surface area contributed by atoms with E-state index in [1.165, 1.54) is 6.42 Å². The van der Waals surface area contributed by atoms with Crippen molar-refractivity contribution in [3.63, 3.8) is 0 Å². The number of rotatable bonds is 16. The van der Waals surface area contributed by atoms with Crippen LogP contribution in [0, 0.1) is 29.1 Å². The number of nitrogens with one attached hydrogen (secondary N) is 2. The molecule has 3 aromatic rings. The van der Waals surface area contributed by atoms with Gasteiger partial charge in [0.1, 0.15) is 23.9 Å². The van der Waals surface area contributed by atoms with Crippen molar-refractivity contribution in [2.24, 2.45) is 29.1 Å². The average Bonchev–Trinajstić information content (AvgIpc) is 3.89. The summed E-state index contributed by atoms with van der Waals surface area (Å²) >= 11 is 0. The van der Waals surface area contributed by atoms with Gasteiger partial charge in [-0.3, -0.25) is 19.2 Å². The predicted octanol–water partition coefficient (Wildman–Crippen LogP) is 4.98. The number of fused-ring (bicyclic) bond motifs is 2. The molecule has 5 aliphatic rings. The normalized spacial score (nSPS) is 27.4. The summed E-state index contributed by atoms with van der Waals surface area (Å²) in [4.78, 5) is 54.5. The van der Waals surface area contributed by atoms with E-state index >= 15 is 0 Å². The lowest BCUT2D eigenvalue weighted by Gasteiger charge is -2.62. The third-order valence-corrected chi connectivity index (χ3v) is 14.7. The van der Waals surface area contributed by atoms with E-state index in [9.17, 15) is 24.6 Å². The van der Waals surface area contributed by atoms with E-state index in [-0.39, 0.29) is 54.4 Å². The summed E-state index contributed by atoms with van der Waals surface area (Å²) in [5.74, 6) is 0.808. The van der Waals surface area contributed by atoms with Gasteiger partial charge in [0.2, 0.25) is 11.8 Å². The molecule has 2 saturated heterocycles. The Balaban J connectivity index is 1.23. The number of aliphatic hydroxyl groups excluding tert-OH is 2. The number of nitrogens with zero attached hydrogens (tertiary/aromatic N) is 4. The van der Waals surface area contributed by atoms with Gasteiger partial charge in [-0.2, -0.15) is 5.06 Å². The molecule has 2 bridgehead atoms. The third-order valence-electron chi connectivity index (χ3n) is 14.7. The van der Waals surface area contributed by atoms with Crippen LogP contribution in [0.5, 0.6) is 5.75 Å². The molecule has 63 heavy (non-hydrogen) atoms. The van der Waals surface area contributed by atoms with Gasteiger partial charge in [-0.25, -0.2) is 0 Å². The second kappa shape index (κ2) is 19.3. The molecule has 13 heteroatoms. The van der Waals surface area contributed by atoms with Crippen LogP contribution < -0.4 is 20.3 Å². The van der Waals surface area contributed by atoms with Gasteiger partial charge in [-0.15, -0.1) is 0 Å².